The smallest absolute Gasteiger partial charge is 0.340 e. The van der Waals surface area contributed by atoms with Crippen molar-refractivity contribution in [3.8, 4) is 0 Å². The normalized spacial score (nSPS) is 18.8. The molecule has 0 amide bonds. The van der Waals surface area contributed by atoms with Gasteiger partial charge in [0, 0.05) is 25.4 Å². The van der Waals surface area contributed by atoms with Crippen LogP contribution in [0.5, 0.6) is 0 Å². The molecule has 0 aromatic carbocycles. The van der Waals surface area contributed by atoms with E-state index in [0.717, 1.165) is 6.54 Å². The maximum atomic E-state index is 11.3. The van der Waals surface area contributed by atoms with E-state index in [-0.39, 0.29) is 5.97 Å². The van der Waals surface area contributed by atoms with E-state index in [9.17, 15) is 4.79 Å². The third-order valence-corrected chi connectivity index (χ3v) is 2.26. The highest BCUT2D eigenvalue weighted by Crippen LogP contribution is 2.20. The molecule has 0 fully saturated rings. The van der Waals surface area contributed by atoms with Gasteiger partial charge in [0.1, 0.15) is 0 Å². The maximum absolute atomic E-state index is 11.3. The van der Waals surface area contributed by atoms with Crippen molar-refractivity contribution in [3.05, 3.63) is 18.7 Å². The summed E-state index contributed by atoms with van der Waals surface area (Å²) in [7, 11) is 0. The van der Waals surface area contributed by atoms with E-state index in [0.29, 0.717) is 12.3 Å². The number of esters is 1. The van der Waals surface area contributed by atoms with Gasteiger partial charge in [0.2, 0.25) is 0 Å². The molecule has 15 heavy (non-hydrogen) atoms. The lowest BCUT2D eigenvalue weighted by atomic mass is 10.1. The molecular formula is C10H13N3O2. The first-order chi connectivity index (χ1) is 7.08. The molecule has 0 aliphatic carbocycles. The average molecular weight is 207 g/mol. The summed E-state index contributed by atoms with van der Waals surface area (Å²) in [5.41, 5.74) is -0.718. The monoisotopic (exact) mass is 207 g/mol. The van der Waals surface area contributed by atoms with Crippen LogP contribution >= 0.6 is 0 Å². The van der Waals surface area contributed by atoms with Crippen molar-refractivity contribution in [1.82, 2.24) is 9.55 Å². The van der Waals surface area contributed by atoms with Gasteiger partial charge in [-0.1, -0.05) is 0 Å². The SMILES string of the molecule is CC1(C)N=C(CCn2ccnc2)OC1=O. The number of ether oxygens (including phenoxy) is 1. The Morgan fingerprint density at radius 2 is 2.33 bits per heavy atom. The number of aliphatic imine (C=N–C) groups is 1. The van der Waals surface area contributed by atoms with E-state index in [1.165, 1.54) is 0 Å². The lowest BCUT2D eigenvalue weighted by Crippen LogP contribution is -2.25. The van der Waals surface area contributed by atoms with Crippen molar-refractivity contribution in [3.63, 3.8) is 0 Å². The number of cyclic esters (lactones) is 1. The Morgan fingerprint density at radius 3 is 2.87 bits per heavy atom. The molecule has 0 spiro atoms. The molecule has 0 radical (unpaired) electrons. The van der Waals surface area contributed by atoms with Crippen LogP contribution in [0, 0.1) is 0 Å². The highest BCUT2D eigenvalue weighted by Gasteiger charge is 2.36. The molecule has 0 unspecified atom stereocenters. The van der Waals surface area contributed by atoms with Crippen LogP contribution in [0.15, 0.2) is 23.7 Å². The minimum atomic E-state index is -0.718. The van der Waals surface area contributed by atoms with E-state index in [2.05, 4.69) is 9.98 Å². The topological polar surface area (TPSA) is 56.5 Å². The fourth-order valence-electron chi connectivity index (χ4n) is 1.36. The molecular weight excluding hydrogens is 194 g/mol. The second-order valence-corrected chi connectivity index (χ2v) is 4.00. The predicted molar refractivity (Wildman–Crippen MR) is 54.5 cm³/mol. The van der Waals surface area contributed by atoms with Crippen molar-refractivity contribution in [1.29, 1.82) is 0 Å². The molecule has 0 N–H and O–H groups in total. The van der Waals surface area contributed by atoms with Gasteiger partial charge in [0.15, 0.2) is 11.4 Å². The van der Waals surface area contributed by atoms with Gasteiger partial charge in [-0.15, -0.1) is 0 Å². The van der Waals surface area contributed by atoms with Crippen LogP contribution in [0.2, 0.25) is 0 Å². The minimum absolute atomic E-state index is 0.275. The molecule has 1 aliphatic rings. The number of imidazole rings is 1. The van der Waals surface area contributed by atoms with Gasteiger partial charge in [0.05, 0.1) is 6.33 Å². The highest BCUT2D eigenvalue weighted by molar-refractivity contribution is 5.99. The Kier molecular flexibility index (Phi) is 2.30. The number of aryl methyl sites for hydroxylation is 1. The number of carbonyl (C=O) groups excluding carboxylic acids is 1. The molecule has 1 aromatic rings. The van der Waals surface area contributed by atoms with Gasteiger partial charge < -0.3 is 9.30 Å². The van der Waals surface area contributed by atoms with Gasteiger partial charge in [-0.25, -0.2) is 14.8 Å². The van der Waals surface area contributed by atoms with Crippen LogP contribution in [0.4, 0.5) is 0 Å². The van der Waals surface area contributed by atoms with Gasteiger partial charge >= 0.3 is 5.97 Å². The molecule has 0 atom stereocenters. The molecule has 2 rings (SSSR count). The second-order valence-electron chi connectivity index (χ2n) is 4.00. The number of nitrogens with zero attached hydrogens (tertiary/aromatic N) is 3. The van der Waals surface area contributed by atoms with Gasteiger partial charge in [-0.05, 0) is 13.8 Å². The van der Waals surface area contributed by atoms with E-state index >= 15 is 0 Å². The minimum Gasteiger partial charge on any atom is -0.410 e. The Morgan fingerprint density at radius 1 is 1.53 bits per heavy atom. The van der Waals surface area contributed by atoms with E-state index in [1.807, 2.05) is 10.8 Å². The highest BCUT2D eigenvalue weighted by atomic mass is 16.6. The van der Waals surface area contributed by atoms with Crippen molar-refractivity contribution in [2.75, 3.05) is 0 Å². The zero-order chi connectivity index (χ0) is 10.9. The third-order valence-electron chi connectivity index (χ3n) is 2.26. The maximum Gasteiger partial charge on any atom is 0.340 e. The van der Waals surface area contributed by atoms with E-state index in [4.69, 9.17) is 4.74 Å². The Hall–Kier alpha value is -1.65. The van der Waals surface area contributed by atoms with Crippen LogP contribution in [-0.4, -0.2) is 27.0 Å². The zero-order valence-electron chi connectivity index (χ0n) is 8.80. The molecule has 80 valence electrons. The number of aromatic nitrogens is 2. The van der Waals surface area contributed by atoms with Crippen LogP contribution in [-0.2, 0) is 16.1 Å². The molecule has 0 saturated heterocycles. The van der Waals surface area contributed by atoms with E-state index in [1.54, 1.807) is 26.4 Å². The van der Waals surface area contributed by atoms with Crippen molar-refractivity contribution in [2.24, 2.45) is 4.99 Å². The summed E-state index contributed by atoms with van der Waals surface area (Å²) >= 11 is 0. The standard InChI is InChI=1S/C10H13N3O2/c1-10(2)9(14)15-8(12-10)3-5-13-6-4-11-7-13/h4,6-7H,3,5H2,1-2H3. The summed E-state index contributed by atoms with van der Waals surface area (Å²) in [4.78, 5) is 19.4. The largest absolute Gasteiger partial charge is 0.410 e. The fourth-order valence-corrected chi connectivity index (χ4v) is 1.36. The van der Waals surface area contributed by atoms with Gasteiger partial charge in [0.25, 0.3) is 0 Å². The Labute approximate surface area is 87.8 Å². The quantitative estimate of drug-likeness (QED) is 0.695. The fraction of sp³-hybridized carbons (Fsp3) is 0.500. The first kappa shape index (κ1) is 9.89. The lowest BCUT2D eigenvalue weighted by Gasteiger charge is -2.05. The molecule has 5 heteroatoms. The van der Waals surface area contributed by atoms with Crippen LogP contribution in [0.25, 0.3) is 0 Å². The number of hydrogen-bond donors (Lipinski definition) is 0. The van der Waals surface area contributed by atoms with Gasteiger partial charge in [-0.2, -0.15) is 0 Å². The Bertz CT molecular complexity index is 393. The summed E-state index contributed by atoms with van der Waals surface area (Å²) in [5, 5.41) is 0. The van der Waals surface area contributed by atoms with Crippen LogP contribution in [0.3, 0.4) is 0 Å². The molecule has 1 aliphatic heterocycles. The summed E-state index contributed by atoms with van der Waals surface area (Å²) in [5.74, 6) is 0.238. The molecule has 0 saturated carbocycles. The second kappa shape index (κ2) is 3.49. The van der Waals surface area contributed by atoms with Crippen molar-refractivity contribution >= 4 is 11.9 Å². The lowest BCUT2D eigenvalue weighted by molar-refractivity contribution is -0.138. The summed E-state index contributed by atoms with van der Waals surface area (Å²) in [6, 6.07) is 0. The van der Waals surface area contributed by atoms with Crippen LogP contribution in [0.1, 0.15) is 20.3 Å². The average Bonchev–Trinajstić information content (AvgIpc) is 2.72. The predicted octanol–water partition coefficient (Wildman–Crippen LogP) is 1.01. The molecule has 0 bridgehead atoms. The summed E-state index contributed by atoms with van der Waals surface area (Å²) < 4.78 is 6.97. The van der Waals surface area contributed by atoms with Crippen LogP contribution < -0.4 is 0 Å². The summed E-state index contributed by atoms with van der Waals surface area (Å²) in [6.45, 7) is 4.22. The molecule has 1 aromatic heterocycles. The third kappa shape index (κ3) is 2.06. The summed E-state index contributed by atoms with van der Waals surface area (Å²) in [6.07, 6.45) is 5.92. The Balaban J connectivity index is 1.95. The number of rotatable bonds is 3. The van der Waals surface area contributed by atoms with Crippen molar-refractivity contribution in [2.45, 2.75) is 32.4 Å². The number of carbonyl (C=O) groups is 1. The van der Waals surface area contributed by atoms with E-state index < -0.39 is 5.54 Å². The zero-order valence-corrected chi connectivity index (χ0v) is 8.80. The molecule has 2 heterocycles. The first-order valence-electron chi connectivity index (χ1n) is 4.85. The first-order valence-corrected chi connectivity index (χ1v) is 4.85. The molecule has 5 nitrogen and oxygen atoms in total. The van der Waals surface area contributed by atoms with Crippen molar-refractivity contribution < 1.29 is 9.53 Å². The number of hydrogen-bond acceptors (Lipinski definition) is 4. The van der Waals surface area contributed by atoms with Gasteiger partial charge in [-0.3, -0.25) is 0 Å².